The van der Waals surface area contributed by atoms with Gasteiger partial charge < -0.3 is 20.7 Å². The van der Waals surface area contributed by atoms with Gasteiger partial charge in [-0.3, -0.25) is 9.79 Å². The summed E-state index contributed by atoms with van der Waals surface area (Å²) in [6.45, 7) is 4.81. The zero-order valence-electron chi connectivity index (χ0n) is 16.0. The van der Waals surface area contributed by atoms with Crippen LogP contribution in [0.15, 0.2) is 29.3 Å². The van der Waals surface area contributed by atoms with Crippen molar-refractivity contribution in [3.63, 3.8) is 0 Å². The van der Waals surface area contributed by atoms with Gasteiger partial charge in [-0.15, -0.1) is 13.2 Å². The molecular weight excluding hydrogens is 373 g/mol. The van der Waals surface area contributed by atoms with E-state index in [1.807, 2.05) is 6.92 Å². The van der Waals surface area contributed by atoms with Crippen molar-refractivity contribution in [3.8, 4) is 5.75 Å². The molecule has 0 bridgehead atoms. The van der Waals surface area contributed by atoms with Crippen LogP contribution >= 0.6 is 0 Å². The van der Waals surface area contributed by atoms with E-state index in [1.54, 1.807) is 12.1 Å². The van der Waals surface area contributed by atoms with E-state index in [0.717, 1.165) is 44.0 Å². The number of guanidine groups is 1. The monoisotopic (exact) mass is 400 g/mol. The topological polar surface area (TPSA) is 80.0 Å². The molecule has 1 aromatic rings. The summed E-state index contributed by atoms with van der Waals surface area (Å²) in [5, 5.41) is 3.26. The summed E-state index contributed by atoms with van der Waals surface area (Å²) in [4.78, 5) is 18.0. The number of carbonyl (C=O) groups is 1. The van der Waals surface area contributed by atoms with Gasteiger partial charge >= 0.3 is 6.36 Å². The number of ether oxygens (including phenoxy) is 1. The highest BCUT2D eigenvalue weighted by molar-refractivity contribution is 5.80. The van der Waals surface area contributed by atoms with Crippen LogP contribution in [0.4, 0.5) is 13.2 Å². The molecule has 6 nitrogen and oxygen atoms in total. The molecule has 9 heteroatoms. The lowest BCUT2D eigenvalue weighted by molar-refractivity contribution is -0.274. The molecule has 0 saturated carbocycles. The number of nitrogens with one attached hydrogen (secondary N) is 1. The van der Waals surface area contributed by atoms with Crippen LogP contribution < -0.4 is 15.8 Å². The number of hydrogen-bond acceptors (Lipinski definition) is 3. The molecule has 1 aliphatic heterocycles. The van der Waals surface area contributed by atoms with Crippen LogP contribution in [0, 0.1) is 5.92 Å². The molecule has 1 aliphatic rings. The minimum atomic E-state index is -4.69. The second kappa shape index (κ2) is 10.2. The normalized spacial score (nSPS) is 18.1. The number of carbonyl (C=O) groups excluding carboxylic acids is 1. The zero-order chi connectivity index (χ0) is 20.6. The number of likely N-dealkylation sites (tertiary alicyclic amines) is 1. The van der Waals surface area contributed by atoms with Gasteiger partial charge in [-0.25, -0.2) is 0 Å². The molecule has 1 atom stereocenters. The Morgan fingerprint density at radius 1 is 1.36 bits per heavy atom. The van der Waals surface area contributed by atoms with E-state index in [-0.39, 0.29) is 17.6 Å². The number of rotatable bonds is 7. The number of aliphatic imine (C=N–C) groups is 1. The Bertz CT molecular complexity index is 662. The molecule has 1 amide bonds. The van der Waals surface area contributed by atoms with E-state index < -0.39 is 6.36 Å². The molecule has 1 fully saturated rings. The van der Waals surface area contributed by atoms with E-state index in [9.17, 15) is 18.0 Å². The van der Waals surface area contributed by atoms with Crippen molar-refractivity contribution in [2.45, 2.75) is 39.0 Å². The van der Waals surface area contributed by atoms with Crippen molar-refractivity contribution in [1.29, 1.82) is 0 Å². The second-order valence-corrected chi connectivity index (χ2v) is 6.80. The maximum atomic E-state index is 12.2. The lowest BCUT2D eigenvalue weighted by Gasteiger charge is -2.34. The third-order valence-corrected chi connectivity index (χ3v) is 4.46. The first-order valence-electron chi connectivity index (χ1n) is 9.43. The van der Waals surface area contributed by atoms with Gasteiger partial charge in [0.1, 0.15) is 5.75 Å². The summed E-state index contributed by atoms with van der Waals surface area (Å²) in [6, 6.07) is 5.81. The molecule has 1 heterocycles. The van der Waals surface area contributed by atoms with Crippen molar-refractivity contribution in [1.82, 2.24) is 10.2 Å². The predicted molar refractivity (Wildman–Crippen MR) is 101 cm³/mol. The second-order valence-electron chi connectivity index (χ2n) is 6.80. The van der Waals surface area contributed by atoms with Crippen molar-refractivity contribution in [3.05, 3.63) is 29.8 Å². The van der Waals surface area contributed by atoms with E-state index in [4.69, 9.17) is 5.73 Å². The molecule has 1 saturated heterocycles. The van der Waals surface area contributed by atoms with Gasteiger partial charge in [0, 0.05) is 32.6 Å². The first-order valence-corrected chi connectivity index (χ1v) is 9.43. The van der Waals surface area contributed by atoms with Gasteiger partial charge in [0.05, 0.1) is 0 Å². The molecule has 1 unspecified atom stereocenters. The Balaban J connectivity index is 1.92. The highest BCUT2D eigenvalue weighted by Gasteiger charge is 2.31. The Morgan fingerprint density at radius 2 is 2.07 bits per heavy atom. The molecule has 28 heavy (non-hydrogen) atoms. The Hall–Kier alpha value is -2.45. The number of nitrogens with zero attached hydrogens (tertiary/aromatic N) is 2. The lowest BCUT2D eigenvalue weighted by atomic mass is 9.95. The molecule has 0 radical (unpaired) electrons. The molecule has 1 aromatic carbocycles. The third-order valence-electron chi connectivity index (χ3n) is 4.46. The minimum Gasteiger partial charge on any atom is -0.406 e. The van der Waals surface area contributed by atoms with Crippen LogP contribution in [0.2, 0.25) is 0 Å². The average molecular weight is 400 g/mol. The summed E-state index contributed by atoms with van der Waals surface area (Å²) in [5.74, 6) is 0.499. The molecule has 0 spiro atoms. The number of halogens is 3. The standard InChI is InChI=1S/C19H27F3N4O2/c1-2-24-18(26-11-3-4-15(13-26)12-17(23)27)25-10-9-14-5-7-16(8-6-14)28-19(20,21)22/h5-8,15H,2-4,9-13H2,1H3,(H2,23,27)(H,24,25). The first kappa shape index (κ1) is 21.8. The van der Waals surface area contributed by atoms with Gasteiger partial charge in [0.2, 0.25) is 5.91 Å². The Morgan fingerprint density at radius 3 is 2.68 bits per heavy atom. The van der Waals surface area contributed by atoms with Crippen molar-refractivity contribution in [2.24, 2.45) is 16.6 Å². The zero-order valence-corrected chi connectivity index (χ0v) is 16.0. The summed E-state index contributed by atoms with van der Waals surface area (Å²) < 4.78 is 40.5. The van der Waals surface area contributed by atoms with Crippen LogP contribution in [0.3, 0.4) is 0 Å². The first-order chi connectivity index (χ1) is 13.3. The summed E-state index contributed by atoms with van der Waals surface area (Å²) in [7, 11) is 0. The van der Waals surface area contributed by atoms with Crippen LogP contribution in [0.5, 0.6) is 5.75 Å². The van der Waals surface area contributed by atoms with Gasteiger partial charge in [-0.1, -0.05) is 12.1 Å². The SMILES string of the molecule is CCNC(=NCCc1ccc(OC(F)(F)F)cc1)N1CCCC(CC(N)=O)C1. The maximum Gasteiger partial charge on any atom is 0.573 e. The number of primary amides is 1. The van der Waals surface area contributed by atoms with E-state index in [2.05, 4.69) is 19.9 Å². The van der Waals surface area contributed by atoms with Crippen LogP contribution in [-0.4, -0.2) is 49.3 Å². The predicted octanol–water partition coefficient (Wildman–Crippen LogP) is 2.68. The number of alkyl halides is 3. The molecule has 156 valence electrons. The quantitative estimate of drug-likeness (QED) is 0.545. The van der Waals surface area contributed by atoms with Crippen LogP contribution in [0.1, 0.15) is 31.7 Å². The number of benzene rings is 1. The Kier molecular flexibility index (Phi) is 7.95. The molecule has 2 rings (SSSR count). The lowest BCUT2D eigenvalue weighted by Crippen LogP contribution is -2.47. The minimum absolute atomic E-state index is 0.233. The fourth-order valence-corrected chi connectivity index (χ4v) is 3.28. The van der Waals surface area contributed by atoms with E-state index >= 15 is 0 Å². The van der Waals surface area contributed by atoms with Gasteiger partial charge in [-0.2, -0.15) is 0 Å². The Labute approximate surface area is 162 Å². The fraction of sp³-hybridized carbons (Fsp3) is 0.579. The van der Waals surface area contributed by atoms with Crippen LogP contribution in [0.25, 0.3) is 0 Å². The largest absolute Gasteiger partial charge is 0.573 e. The maximum absolute atomic E-state index is 12.2. The molecule has 0 aliphatic carbocycles. The van der Waals surface area contributed by atoms with Crippen molar-refractivity contribution >= 4 is 11.9 Å². The number of hydrogen-bond donors (Lipinski definition) is 2. The number of nitrogens with two attached hydrogens (primary N) is 1. The van der Waals surface area contributed by atoms with Gasteiger partial charge in [0.15, 0.2) is 5.96 Å². The van der Waals surface area contributed by atoms with E-state index in [0.29, 0.717) is 19.4 Å². The highest BCUT2D eigenvalue weighted by atomic mass is 19.4. The van der Waals surface area contributed by atoms with Crippen molar-refractivity contribution < 1.29 is 22.7 Å². The smallest absolute Gasteiger partial charge is 0.406 e. The highest BCUT2D eigenvalue weighted by Crippen LogP contribution is 2.23. The van der Waals surface area contributed by atoms with Gasteiger partial charge in [-0.05, 0) is 49.8 Å². The van der Waals surface area contributed by atoms with Gasteiger partial charge in [0.25, 0.3) is 0 Å². The molecular formula is C19H27F3N4O2. The summed E-state index contributed by atoms with van der Waals surface area (Å²) in [6.07, 6.45) is -1.76. The van der Waals surface area contributed by atoms with E-state index in [1.165, 1.54) is 12.1 Å². The van der Waals surface area contributed by atoms with Crippen molar-refractivity contribution in [2.75, 3.05) is 26.2 Å². The molecule has 0 aromatic heterocycles. The fourth-order valence-electron chi connectivity index (χ4n) is 3.28. The summed E-state index contributed by atoms with van der Waals surface area (Å²) in [5.41, 5.74) is 6.19. The third kappa shape index (κ3) is 7.66. The number of amides is 1. The molecule has 3 N–H and O–H groups in total. The number of piperidine rings is 1. The summed E-state index contributed by atoms with van der Waals surface area (Å²) >= 11 is 0. The average Bonchev–Trinajstić information content (AvgIpc) is 2.61. The van der Waals surface area contributed by atoms with Crippen LogP contribution in [-0.2, 0) is 11.2 Å².